The lowest BCUT2D eigenvalue weighted by molar-refractivity contribution is 0.151. The molecule has 0 fully saturated rings. The van der Waals surface area contributed by atoms with Gasteiger partial charge in [0.1, 0.15) is 12.3 Å². The van der Waals surface area contributed by atoms with E-state index in [1.54, 1.807) is 18.2 Å². The minimum atomic E-state index is -0.481. The first-order chi connectivity index (χ1) is 8.24. The third-order valence-electron chi connectivity index (χ3n) is 2.57. The Labute approximate surface area is 95.6 Å². The molecule has 5 nitrogen and oxygen atoms in total. The number of halogens is 1. The van der Waals surface area contributed by atoms with Gasteiger partial charge in [-0.1, -0.05) is 6.07 Å². The summed E-state index contributed by atoms with van der Waals surface area (Å²) in [7, 11) is 0. The maximum absolute atomic E-state index is 13.3. The fourth-order valence-corrected chi connectivity index (χ4v) is 1.75. The van der Waals surface area contributed by atoms with Gasteiger partial charge in [0.2, 0.25) is 5.95 Å². The molecule has 1 aliphatic heterocycles. The van der Waals surface area contributed by atoms with E-state index in [2.05, 4.69) is 15.3 Å². The van der Waals surface area contributed by atoms with E-state index in [0.29, 0.717) is 11.3 Å². The van der Waals surface area contributed by atoms with Gasteiger partial charge in [-0.3, -0.25) is 5.32 Å². The number of cyclic esters (lactones) is 1. The molecule has 0 radical (unpaired) electrons. The minimum Gasteiger partial charge on any atom is -0.444 e. The van der Waals surface area contributed by atoms with Crippen molar-refractivity contribution in [3.63, 3.8) is 0 Å². The number of nitrogens with one attached hydrogen (secondary N) is 2. The molecule has 0 spiro atoms. The van der Waals surface area contributed by atoms with E-state index in [1.807, 2.05) is 0 Å². The number of anilines is 1. The van der Waals surface area contributed by atoms with Crippen LogP contribution in [-0.2, 0) is 11.3 Å². The molecular formula is C11H8FN3O2. The molecular weight excluding hydrogens is 225 g/mol. The Kier molecular flexibility index (Phi) is 2.07. The summed E-state index contributed by atoms with van der Waals surface area (Å²) >= 11 is 0. The number of hydrogen-bond acceptors (Lipinski definition) is 3. The molecule has 0 aliphatic carbocycles. The summed E-state index contributed by atoms with van der Waals surface area (Å²) < 4.78 is 18.1. The number of aromatic amines is 1. The third-order valence-corrected chi connectivity index (χ3v) is 2.57. The predicted octanol–water partition coefficient (Wildman–Crippen LogP) is 2.28. The average Bonchev–Trinajstić information content (AvgIpc) is 2.75. The summed E-state index contributed by atoms with van der Waals surface area (Å²) in [4.78, 5) is 17.2. The maximum Gasteiger partial charge on any atom is 0.411 e. The number of fused-ring (bicyclic) bond motifs is 1. The predicted molar refractivity (Wildman–Crippen MR) is 57.8 cm³/mol. The van der Waals surface area contributed by atoms with E-state index < -0.39 is 12.0 Å². The van der Waals surface area contributed by atoms with Crippen LogP contribution in [0.5, 0.6) is 0 Å². The van der Waals surface area contributed by atoms with Gasteiger partial charge in [-0.2, -0.15) is 4.39 Å². The zero-order valence-corrected chi connectivity index (χ0v) is 8.66. The molecule has 2 aromatic rings. The van der Waals surface area contributed by atoms with Crippen LogP contribution in [0.3, 0.4) is 0 Å². The Balaban J connectivity index is 2.05. The Morgan fingerprint density at radius 1 is 1.41 bits per heavy atom. The molecule has 0 unspecified atom stereocenters. The first kappa shape index (κ1) is 9.83. The highest BCUT2D eigenvalue weighted by atomic mass is 19.1. The molecule has 6 heteroatoms. The number of rotatable bonds is 1. The summed E-state index contributed by atoms with van der Waals surface area (Å²) in [6.07, 6.45) is 0.818. The molecule has 0 saturated heterocycles. The maximum atomic E-state index is 13.3. The van der Waals surface area contributed by atoms with Crippen molar-refractivity contribution in [1.82, 2.24) is 9.97 Å². The van der Waals surface area contributed by atoms with Gasteiger partial charge < -0.3 is 9.72 Å². The number of ether oxygens (including phenoxy) is 1. The standard InChI is InChI=1S/C11H8FN3O2/c12-10-9(13-5-14-10)6-1-2-8-7(3-6)4-17-11(16)15-8/h1-3,5H,4H2,(H,13,14)(H,15,16). The Morgan fingerprint density at radius 3 is 3.06 bits per heavy atom. The second-order valence-electron chi connectivity index (χ2n) is 3.64. The quantitative estimate of drug-likeness (QED) is 0.794. The third kappa shape index (κ3) is 1.63. The summed E-state index contributed by atoms with van der Waals surface area (Å²) in [5, 5.41) is 2.56. The van der Waals surface area contributed by atoms with Crippen LogP contribution in [-0.4, -0.2) is 16.1 Å². The van der Waals surface area contributed by atoms with Gasteiger partial charge in [0.05, 0.1) is 12.0 Å². The average molecular weight is 233 g/mol. The number of H-pyrrole nitrogens is 1. The van der Waals surface area contributed by atoms with Gasteiger partial charge in [-0.25, -0.2) is 9.78 Å². The molecule has 2 N–H and O–H groups in total. The number of amides is 1. The summed E-state index contributed by atoms with van der Waals surface area (Å²) in [5.41, 5.74) is 2.37. The summed E-state index contributed by atoms with van der Waals surface area (Å²) in [5.74, 6) is -0.481. The van der Waals surface area contributed by atoms with Gasteiger partial charge in [0.25, 0.3) is 0 Å². The first-order valence-electron chi connectivity index (χ1n) is 5.00. The second kappa shape index (κ2) is 3.58. The summed E-state index contributed by atoms with van der Waals surface area (Å²) in [6.45, 7) is 0.182. The van der Waals surface area contributed by atoms with Crippen molar-refractivity contribution in [1.29, 1.82) is 0 Å². The van der Waals surface area contributed by atoms with Gasteiger partial charge in [-0.05, 0) is 12.1 Å². The van der Waals surface area contributed by atoms with Crippen LogP contribution in [0.25, 0.3) is 11.3 Å². The number of carbonyl (C=O) groups is 1. The smallest absolute Gasteiger partial charge is 0.411 e. The molecule has 1 aromatic carbocycles. The van der Waals surface area contributed by atoms with E-state index in [1.165, 1.54) is 6.33 Å². The number of hydrogen-bond donors (Lipinski definition) is 2. The van der Waals surface area contributed by atoms with E-state index >= 15 is 0 Å². The first-order valence-corrected chi connectivity index (χ1v) is 5.00. The zero-order chi connectivity index (χ0) is 11.8. The van der Waals surface area contributed by atoms with Crippen molar-refractivity contribution < 1.29 is 13.9 Å². The number of carbonyl (C=O) groups excluding carboxylic acids is 1. The van der Waals surface area contributed by atoms with E-state index in [4.69, 9.17) is 4.74 Å². The van der Waals surface area contributed by atoms with E-state index in [-0.39, 0.29) is 12.3 Å². The number of nitrogens with zero attached hydrogens (tertiary/aromatic N) is 1. The van der Waals surface area contributed by atoms with Crippen LogP contribution in [0.1, 0.15) is 5.56 Å². The molecule has 1 aromatic heterocycles. The van der Waals surface area contributed by atoms with Gasteiger partial charge >= 0.3 is 6.09 Å². The highest BCUT2D eigenvalue weighted by Crippen LogP contribution is 2.27. The Bertz CT molecular complexity index is 594. The normalized spacial score (nSPS) is 13.8. The molecule has 0 atom stereocenters. The lowest BCUT2D eigenvalue weighted by Crippen LogP contribution is -2.20. The molecule has 0 bridgehead atoms. The molecule has 17 heavy (non-hydrogen) atoms. The van der Waals surface area contributed by atoms with Gasteiger partial charge in [0.15, 0.2) is 0 Å². The molecule has 1 aliphatic rings. The van der Waals surface area contributed by atoms with Crippen molar-refractivity contribution in [3.05, 3.63) is 36.0 Å². The van der Waals surface area contributed by atoms with Crippen LogP contribution >= 0.6 is 0 Å². The van der Waals surface area contributed by atoms with Crippen molar-refractivity contribution in [2.75, 3.05) is 5.32 Å². The highest BCUT2D eigenvalue weighted by molar-refractivity contribution is 5.88. The van der Waals surface area contributed by atoms with Crippen LogP contribution in [0, 0.1) is 5.95 Å². The Hall–Kier alpha value is -2.37. The van der Waals surface area contributed by atoms with Gasteiger partial charge in [-0.15, -0.1) is 0 Å². The lowest BCUT2D eigenvalue weighted by Gasteiger charge is -2.17. The fourth-order valence-electron chi connectivity index (χ4n) is 1.75. The van der Waals surface area contributed by atoms with Crippen LogP contribution in [0.4, 0.5) is 14.9 Å². The van der Waals surface area contributed by atoms with Crippen molar-refractivity contribution in [3.8, 4) is 11.3 Å². The van der Waals surface area contributed by atoms with Crippen molar-refractivity contribution in [2.24, 2.45) is 0 Å². The monoisotopic (exact) mass is 233 g/mol. The number of benzene rings is 1. The van der Waals surface area contributed by atoms with E-state index in [9.17, 15) is 9.18 Å². The fraction of sp³-hybridized carbons (Fsp3) is 0.0909. The molecule has 2 heterocycles. The van der Waals surface area contributed by atoms with Crippen molar-refractivity contribution >= 4 is 11.8 Å². The van der Waals surface area contributed by atoms with Crippen LogP contribution in [0.15, 0.2) is 24.5 Å². The molecule has 1 amide bonds. The van der Waals surface area contributed by atoms with E-state index in [0.717, 1.165) is 5.56 Å². The number of aromatic nitrogens is 2. The highest BCUT2D eigenvalue weighted by Gasteiger charge is 2.17. The van der Waals surface area contributed by atoms with Gasteiger partial charge in [0, 0.05) is 11.1 Å². The second-order valence-corrected chi connectivity index (χ2v) is 3.64. The number of imidazole rings is 1. The SMILES string of the molecule is O=C1Nc2ccc(-c3nc[nH]c3F)cc2CO1. The molecule has 3 rings (SSSR count). The molecule has 0 saturated carbocycles. The topological polar surface area (TPSA) is 67.0 Å². The zero-order valence-electron chi connectivity index (χ0n) is 8.66. The lowest BCUT2D eigenvalue weighted by atomic mass is 10.1. The minimum absolute atomic E-state index is 0.182. The van der Waals surface area contributed by atoms with Crippen LogP contribution in [0.2, 0.25) is 0 Å². The molecule has 86 valence electrons. The largest absolute Gasteiger partial charge is 0.444 e. The Morgan fingerprint density at radius 2 is 2.29 bits per heavy atom. The van der Waals surface area contributed by atoms with Crippen LogP contribution < -0.4 is 5.32 Å². The van der Waals surface area contributed by atoms with Crippen molar-refractivity contribution in [2.45, 2.75) is 6.61 Å². The summed E-state index contributed by atoms with van der Waals surface area (Å²) in [6, 6.07) is 5.15.